The van der Waals surface area contributed by atoms with E-state index in [1.807, 2.05) is 79.9 Å². The van der Waals surface area contributed by atoms with Crippen LogP contribution < -0.4 is 10.6 Å². The Morgan fingerprint density at radius 2 is 1.60 bits per heavy atom. The lowest BCUT2D eigenvalue weighted by atomic mass is 10.1. The fraction of sp³-hybridized carbons (Fsp3) is 0.185. The van der Waals surface area contributed by atoms with Gasteiger partial charge < -0.3 is 10.6 Å². The van der Waals surface area contributed by atoms with E-state index in [0.717, 1.165) is 22.6 Å². The van der Waals surface area contributed by atoms with E-state index in [2.05, 4.69) is 20.8 Å². The highest BCUT2D eigenvalue weighted by atomic mass is 32.2. The van der Waals surface area contributed by atoms with Crippen molar-refractivity contribution in [1.29, 1.82) is 0 Å². The van der Waals surface area contributed by atoms with Crippen molar-refractivity contribution in [3.63, 3.8) is 0 Å². The lowest BCUT2D eigenvalue weighted by Gasteiger charge is -2.16. The number of aromatic nitrogens is 3. The van der Waals surface area contributed by atoms with Crippen molar-refractivity contribution >= 4 is 29.3 Å². The number of nitrogens with one attached hydrogen (secondary N) is 2. The average molecular weight is 486 g/mol. The zero-order valence-corrected chi connectivity index (χ0v) is 20.7. The summed E-state index contributed by atoms with van der Waals surface area (Å²) in [5.74, 6) is 0.389. The summed E-state index contributed by atoms with van der Waals surface area (Å²) in [6.45, 7) is 5.84. The first-order chi connectivity index (χ1) is 16.9. The number of para-hydroxylation sites is 2. The molecule has 0 bridgehead atoms. The van der Waals surface area contributed by atoms with Crippen LogP contribution in [0.4, 0.5) is 5.69 Å². The summed E-state index contributed by atoms with van der Waals surface area (Å²) in [5.41, 5.74) is 3.95. The summed E-state index contributed by atoms with van der Waals surface area (Å²) >= 11 is 1.30. The zero-order valence-electron chi connectivity index (χ0n) is 19.9. The monoisotopic (exact) mass is 485 g/mol. The minimum absolute atomic E-state index is 0.125. The molecule has 7 nitrogen and oxygen atoms in total. The van der Waals surface area contributed by atoms with Gasteiger partial charge in [0.2, 0.25) is 5.91 Å². The van der Waals surface area contributed by atoms with Gasteiger partial charge in [0.25, 0.3) is 5.91 Å². The van der Waals surface area contributed by atoms with Gasteiger partial charge in [0.1, 0.15) is 5.82 Å². The third-order valence-corrected chi connectivity index (χ3v) is 6.51. The van der Waals surface area contributed by atoms with Crippen LogP contribution >= 0.6 is 11.8 Å². The maximum atomic E-state index is 13.0. The molecule has 0 saturated heterocycles. The fourth-order valence-corrected chi connectivity index (χ4v) is 4.52. The minimum atomic E-state index is -0.250. The van der Waals surface area contributed by atoms with Crippen LogP contribution in [0, 0.1) is 13.8 Å². The van der Waals surface area contributed by atoms with Crippen molar-refractivity contribution < 1.29 is 9.59 Å². The molecule has 1 atom stereocenters. The maximum Gasteiger partial charge on any atom is 0.253 e. The molecular formula is C27H27N5O2S. The Kier molecular flexibility index (Phi) is 7.62. The second-order valence-corrected chi connectivity index (χ2v) is 9.08. The van der Waals surface area contributed by atoms with Crippen LogP contribution in [0.3, 0.4) is 0 Å². The van der Waals surface area contributed by atoms with Crippen LogP contribution in [0.5, 0.6) is 0 Å². The molecule has 1 aromatic heterocycles. The molecule has 0 aliphatic heterocycles. The summed E-state index contributed by atoms with van der Waals surface area (Å²) in [5, 5.41) is 15.0. The lowest BCUT2D eigenvalue weighted by Crippen LogP contribution is -2.28. The second kappa shape index (κ2) is 11.0. The predicted molar refractivity (Wildman–Crippen MR) is 139 cm³/mol. The third kappa shape index (κ3) is 5.78. The first kappa shape index (κ1) is 24.2. The molecule has 8 heteroatoms. The Morgan fingerprint density at radius 3 is 2.37 bits per heavy atom. The number of nitrogens with zero attached hydrogens (tertiary/aromatic N) is 3. The SMILES string of the molecule is Cc1ccccc1-n1c(C)nnc1SCC(=O)Nc1ccccc1C(=O)N[C@H](C)c1ccccc1. The molecule has 0 fully saturated rings. The van der Waals surface area contributed by atoms with Crippen LogP contribution in [-0.4, -0.2) is 32.3 Å². The van der Waals surface area contributed by atoms with Gasteiger partial charge in [-0.15, -0.1) is 10.2 Å². The molecule has 0 radical (unpaired) electrons. The molecular weight excluding hydrogens is 458 g/mol. The molecule has 2 amide bonds. The molecule has 0 saturated carbocycles. The van der Waals surface area contributed by atoms with E-state index in [9.17, 15) is 9.59 Å². The van der Waals surface area contributed by atoms with Crippen LogP contribution in [0.2, 0.25) is 0 Å². The first-order valence-electron chi connectivity index (χ1n) is 11.3. The standard InChI is InChI=1S/C27H27N5O2S/c1-18-11-7-10-16-24(18)32-20(3)30-31-27(32)35-17-25(33)29-23-15-9-8-14-22(23)26(34)28-19(2)21-12-5-4-6-13-21/h4-16,19H,17H2,1-3H3,(H,28,34)(H,29,33)/t19-/m1/s1. The van der Waals surface area contributed by atoms with Gasteiger partial charge in [-0.1, -0.05) is 72.4 Å². The van der Waals surface area contributed by atoms with Gasteiger partial charge in [-0.2, -0.15) is 0 Å². The van der Waals surface area contributed by atoms with E-state index in [4.69, 9.17) is 0 Å². The van der Waals surface area contributed by atoms with E-state index in [1.165, 1.54) is 11.8 Å². The number of aryl methyl sites for hydroxylation is 2. The minimum Gasteiger partial charge on any atom is -0.345 e. The predicted octanol–water partition coefficient (Wildman–Crippen LogP) is 5.11. The number of carbonyl (C=O) groups is 2. The Hall–Kier alpha value is -3.91. The highest BCUT2D eigenvalue weighted by Crippen LogP contribution is 2.24. The van der Waals surface area contributed by atoms with Gasteiger partial charge in [-0.3, -0.25) is 14.2 Å². The van der Waals surface area contributed by atoms with Crippen LogP contribution in [0.1, 0.15) is 40.3 Å². The number of benzene rings is 3. The molecule has 35 heavy (non-hydrogen) atoms. The number of anilines is 1. The summed E-state index contributed by atoms with van der Waals surface area (Å²) in [4.78, 5) is 25.8. The average Bonchev–Trinajstić information content (AvgIpc) is 3.23. The number of carbonyl (C=O) groups excluding carboxylic acids is 2. The van der Waals surface area contributed by atoms with E-state index in [1.54, 1.807) is 24.3 Å². The molecule has 4 rings (SSSR count). The third-order valence-electron chi connectivity index (χ3n) is 5.58. The number of hydrogen-bond acceptors (Lipinski definition) is 5. The van der Waals surface area contributed by atoms with E-state index < -0.39 is 0 Å². The van der Waals surface area contributed by atoms with Gasteiger partial charge in [0.05, 0.1) is 28.7 Å². The van der Waals surface area contributed by atoms with Crippen molar-refractivity contribution in [2.45, 2.75) is 32.0 Å². The molecule has 2 N–H and O–H groups in total. The quantitative estimate of drug-likeness (QED) is 0.339. The van der Waals surface area contributed by atoms with E-state index in [-0.39, 0.29) is 23.6 Å². The first-order valence-corrected chi connectivity index (χ1v) is 12.3. The molecule has 0 unspecified atom stereocenters. The maximum absolute atomic E-state index is 13.0. The number of amides is 2. The smallest absolute Gasteiger partial charge is 0.253 e. The summed E-state index contributed by atoms with van der Waals surface area (Å²) in [6.07, 6.45) is 0. The van der Waals surface area contributed by atoms with Crippen molar-refractivity contribution in [2.75, 3.05) is 11.1 Å². The molecule has 1 heterocycles. The lowest BCUT2D eigenvalue weighted by molar-refractivity contribution is -0.113. The Balaban J connectivity index is 1.43. The van der Waals surface area contributed by atoms with Crippen molar-refractivity contribution in [2.24, 2.45) is 0 Å². The number of rotatable bonds is 8. The topological polar surface area (TPSA) is 88.9 Å². The number of thioether (sulfide) groups is 1. The molecule has 178 valence electrons. The van der Waals surface area contributed by atoms with E-state index >= 15 is 0 Å². The molecule has 0 spiro atoms. The number of hydrogen-bond donors (Lipinski definition) is 2. The van der Waals surface area contributed by atoms with Gasteiger partial charge in [0, 0.05) is 0 Å². The zero-order chi connectivity index (χ0) is 24.8. The second-order valence-electron chi connectivity index (χ2n) is 8.14. The van der Waals surface area contributed by atoms with Gasteiger partial charge in [-0.05, 0) is 50.1 Å². The highest BCUT2D eigenvalue weighted by Gasteiger charge is 2.18. The molecule has 3 aromatic carbocycles. The van der Waals surface area contributed by atoms with Crippen LogP contribution in [0.25, 0.3) is 5.69 Å². The largest absolute Gasteiger partial charge is 0.345 e. The van der Waals surface area contributed by atoms with Crippen molar-refractivity contribution in [3.05, 3.63) is 101 Å². The summed E-state index contributed by atoms with van der Waals surface area (Å²) in [6, 6.07) is 24.5. The van der Waals surface area contributed by atoms with Gasteiger partial charge >= 0.3 is 0 Å². The molecule has 4 aromatic rings. The highest BCUT2D eigenvalue weighted by molar-refractivity contribution is 7.99. The summed E-state index contributed by atoms with van der Waals surface area (Å²) < 4.78 is 1.94. The molecule has 0 aliphatic rings. The normalized spacial score (nSPS) is 11.6. The Morgan fingerprint density at radius 1 is 0.914 bits per heavy atom. The van der Waals surface area contributed by atoms with Gasteiger partial charge in [0.15, 0.2) is 5.16 Å². The van der Waals surface area contributed by atoms with Crippen molar-refractivity contribution in [1.82, 2.24) is 20.1 Å². The molecule has 0 aliphatic carbocycles. The fourth-order valence-electron chi connectivity index (χ4n) is 3.73. The van der Waals surface area contributed by atoms with Crippen molar-refractivity contribution in [3.8, 4) is 5.69 Å². The summed E-state index contributed by atoms with van der Waals surface area (Å²) in [7, 11) is 0. The Labute approximate surface area is 209 Å². The van der Waals surface area contributed by atoms with Crippen LogP contribution in [0.15, 0.2) is 84.0 Å². The van der Waals surface area contributed by atoms with Gasteiger partial charge in [-0.25, -0.2) is 0 Å². The van der Waals surface area contributed by atoms with Crippen LogP contribution in [-0.2, 0) is 4.79 Å². The Bertz CT molecular complexity index is 1340. The van der Waals surface area contributed by atoms with E-state index in [0.29, 0.717) is 16.4 Å².